The molecule has 0 amide bonds. The lowest BCUT2D eigenvalue weighted by Crippen LogP contribution is -2.04. The normalized spacial score (nSPS) is 10.8. The van der Waals surface area contributed by atoms with Crippen molar-refractivity contribution in [2.45, 2.75) is 20.8 Å². The van der Waals surface area contributed by atoms with Crippen LogP contribution in [0.3, 0.4) is 0 Å². The van der Waals surface area contributed by atoms with Gasteiger partial charge in [-0.3, -0.25) is 0 Å². The summed E-state index contributed by atoms with van der Waals surface area (Å²) in [6, 6.07) is 12.9. The van der Waals surface area contributed by atoms with E-state index >= 15 is 0 Å². The molecule has 0 saturated carbocycles. The first kappa shape index (κ1) is 13.6. The highest BCUT2D eigenvalue weighted by molar-refractivity contribution is 5.65. The minimum absolute atomic E-state index is 0.244. The first-order valence-corrected chi connectivity index (χ1v) is 6.55. The summed E-state index contributed by atoms with van der Waals surface area (Å²) in [7, 11) is 0. The van der Waals surface area contributed by atoms with Gasteiger partial charge in [0.05, 0.1) is 6.61 Å². The van der Waals surface area contributed by atoms with Crippen molar-refractivity contribution in [3.63, 3.8) is 0 Å². The second-order valence-corrected chi connectivity index (χ2v) is 5.22. The van der Waals surface area contributed by atoms with Gasteiger partial charge in [0.1, 0.15) is 11.6 Å². The first-order chi connectivity index (χ1) is 9.06. The maximum atomic E-state index is 14.1. The Morgan fingerprint density at radius 1 is 1.11 bits per heavy atom. The van der Waals surface area contributed by atoms with Crippen LogP contribution in [-0.4, -0.2) is 6.61 Å². The van der Waals surface area contributed by atoms with Gasteiger partial charge in [-0.25, -0.2) is 4.39 Å². The van der Waals surface area contributed by atoms with Gasteiger partial charge in [0.15, 0.2) is 0 Å². The largest absolute Gasteiger partial charge is 0.493 e. The summed E-state index contributed by atoms with van der Waals surface area (Å²) in [6.45, 7) is 6.74. The molecule has 0 atom stereocenters. The zero-order valence-corrected chi connectivity index (χ0v) is 11.6. The predicted octanol–water partition coefficient (Wildman–Crippen LogP) is 4.84. The van der Waals surface area contributed by atoms with Crippen LogP contribution in [0, 0.1) is 18.7 Å². The average molecular weight is 258 g/mol. The van der Waals surface area contributed by atoms with Crippen molar-refractivity contribution < 1.29 is 9.13 Å². The molecular formula is C17H19FO. The number of hydrogen-bond donors (Lipinski definition) is 0. The van der Waals surface area contributed by atoms with Crippen molar-refractivity contribution in [2.75, 3.05) is 6.61 Å². The molecule has 0 bridgehead atoms. The van der Waals surface area contributed by atoms with Crippen LogP contribution in [0.25, 0.3) is 11.1 Å². The minimum Gasteiger partial charge on any atom is -0.493 e. The molecule has 0 fully saturated rings. The summed E-state index contributed by atoms with van der Waals surface area (Å²) in [5.41, 5.74) is 2.63. The summed E-state index contributed by atoms with van der Waals surface area (Å²) in [5, 5.41) is 0. The lowest BCUT2D eigenvalue weighted by molar-refractivity contribution is 0.270. The number of hydrogen-bond acceptors (Lipinski definition) is 1. The summed E-state index contributed by atoms with van der Waals surface area (Å²) < 4.78 is 19.6. The molecule has 0 aliphatic heterocycles. The third-order valence-corrected chi connectivity index (χ3v) is 2.85. The Hall–Kier alpha value is -1.83. The van der Waals surface area contributed by atoms with Crippen molar-refractivity contribution in [1.82, 2.24) is 0 Å². The number of benzene rings is 2. The fraction of sp³-hybridized carbons (Fsp3) is 0.294. The van der Waals surface area contributed by atoms with Crippen LogP contribution < -0.4 is 4.74 Å². The molecule has 19 heavy (non-hydrogen) atoms. The third-order valence-electron chi connectivity index (χ3n) is 2.85. The average Bonchev–Trinajstić information content (AvgIpc) is 2.36. The Kier molecular flexibility index (Phi) is 4.20. The van der Waals surface area contributed by atoms with Gasteiger partial charge in [-0.15, -0.1) is 0 Å². The van der Waals surface area contributed by atoms with E-state index in [2.05, 4.69) is 13.8 Å². The number of halogens is 1. The SMILES string of the molecule is Cc1cccc(-c2ccc(OCC(C)C)cc2F)c1. The second-order valence-electron chi connectivity index (χ2n) is 5.22. The van der Waals surface area contributed by atoms with Gasteiger partial charge in [-0.2, -0.15) is 0 Å². The van der Waals surface area contributed by atoms with Gasteiger partial charge >= 0.3 is 0 Å². The first-order valence-electron chi connectivity index (χ1n) is 6.55. The molecule has 2 rings (SSSR count). The Morgan fingerprint density at radius 2 is 1.89 bits per heavy atom. The van der Waals surface area contributed by atoms with Crippen LogP contribution >= 0.6 is 0 Å². The highest BCUT2D eigenvalue weighted by atomic mass is 19.1. The van der Waals surface area contributed by atoms with Crippen molar-refractivity contribution >= 4 is 0 Å². The van der Waals surface area contributed by atoms with Crippen LogP contribution in [0.1, 0.15) is 19.4 Å². The van der Waals surface area contributed by atoms with Gasteiger partial charge < -0.3 is 4.74 Å². The molecule has 0 unspecified atom stereocenters. The maximum absolute atomic E-state index is 14.1. The van der Waals surface area contributed by atoms with E-state index < -0.39 is 0 Å². The predicted molar refractivity (Wildman–Crippen MR) is 76.9 cm³/mol. The van der Waals surface area contributed by atoms with E-state index in [-0.39, 0.29) is 5.82 Å². The van der Waals surface area contributed by atoms with Crippen molar-refractivity contribution in [3.05, 3.63) is 53.8 Å². The minimum atomic E-state index is -0.244. The Balaban J connectivity index is 2.24. The van der Waals surface area contributed by atoms with Crippen molar-refractivity contribution in [2.24, 2.45) is 5.92 Å². The van der Waals surface area contributed by atoms with Crippen LogP contribution in [0.4, 0.5) is 4.39 Å². The molecule has 0 N–H and O–H groups in total. The monoisotopic (exact) mass is 258 g/mol. The molecule has 0 aliphatic rings. The summed E-state index contributed by atoms with van der Waals surface area (Å²) in [6.07, 6.45) is 0. The third kappa shape index (κ3) is 3.57. The molecular weight excluding hydrogens is 239 g/mol. The fourth-order valence-electron chi connectivity index (χ4n) is 1.90. The molecule has 1 nitrogen and oxygen atoms in total. The molecule has 0 aromatic heterocycles. The lowest BCUT2D eigenvalue weighted by Gasteiger charge is -2.10. The fourth-order valence-corrected chi connectivity index (χ4v) is 1.90. The van der Waals surface area contributed by atoms with E-state index in [1.807, 2.05) is 37.3 Å². The van der Waals surface area contributed by atoms with E-state index in [4.69, 9.17) is 4.74 Å². The van der Waals surface area contributed by atoms with E-state index in [1.54, 1.807) is 6.07 Å². The Labute approximate surface area is 114 Å². The van der Waals surface area contributed by atoms with Gasteiger partial charge in [-0.1, -0.05) is 43.7 Å². The molecule has 2 aromatic carbocycles. The van der Waals surface area contributed by atoms with Crippen molar-refractivity contribution in [1.29, 1.82) is 0 Å². The van der Waals surface area contributed by atoms with Crippen LogP contribution in [-0.2, 0) is 0 Å². The van der Waals surface area contributed by atoms with Gasteiger partial charge in [0.25, 0.3) is 0 Å². The zero-order valence-electron chi connectivity index (χ0n) is 11.6. The molecule has 2 heteroatoms. The van der Waals surface area contributed by atoms with E-state index in [0.717, 1.165) is 11.1 Å². The maximum Gasteiger partial charge on any atom is 0.134 e. The molecule has 2 aromatic rings. The number of ether oxygens (including phenoxy) is 1. The molecule has 0 saturated heterocycles. The molecule has 0 heterocycles. The van der Waals surface area contributed by atoms with Gasteiger partial charge in [0, 0.05) is 11.6 Å². The van der Waals surface area contributed by atoms with Crippen LogP contribution in [0.15, 0.2) is 42.5 Å². The molecule has 100 valence electrons. The lowest BCUT2D eigenvalue weighted by atomic mass is 10.0. The van der Waals surface area contributed by atoms with E-state index in [1.165, 1.54) is 6.07 Å². The van der Waals surface area contributed by atoms with Crippen LogP contribution in [0.2, 0.25) is 0 Å². The zero-order chi connectivity index (χ0) is 13.8. The second kappa shape index (κ2) is 5.87. The van der Waals surface area contributed by atoms with Gasteiger partial charge in [0.2, 0.25) is 0 Å². The smallest absolute Gasteiger partial charge is 0.134 e. The van der Waals surface area contributed by atoms with Crippen LogP contribution in [0.5, 0.6) is 5.75 Å². The summed E-state index contributed by atoms with van der Waals surface area (Å²) >= 11 is 0. The van der Waals surface area contributed by atoms with Gasteiger partial charge in [-0.05, 0) is 30.5 Å². The highest BCUT2D eigenvalue weighted by Crippen LogP contribution is 2.27. The highest BCUT2D eigenvalue weighted by Gasteiger charge is 2.07. The van der Waals surface area contributed by atoms with E-state index in [0.29, 0.717) is 23.8 Å². The molecule has 0 spiro atoms. The van der Waals surface area contributed by atoms with Crippen molar-refractivity contribution in [3.8, 4) is 16.9 Å². The quantitative estimate of drug-likeness (QED) is 0.762. The summed E-state index contributed by atoms with van der Waals surface area (Å²) in [5.74, 6) is 0.772. The Bertz CT molecular complexity index is 561. The number of rotatable bonds is 4. The van der Waals surface area contributed by atoms with E-state index in [9.17, 15) is 4.39 Å². The summed E-state index contributed by atoms with van der Waals surface area (Å²) in [4.78, 5) is 0. The topological polar surface area (TPSA) is 9.23 Å². The Morgan fingerprint density at radius 3 is 2.53 bits per heavy atom. The standard InChI is InChI=1S/C17H19FO/c1-12(2)11-19-15-7-8-16(17(18)10-15)14-6-4-5-13(3)9-14/h4-10,12H,11H2,1-3H3. The molecule has 0 aliphatic carbocycles. The number of aryl methyl sites for hydroxylation is 1. The molecule has 0 radical (unpaired) electrons.